The third-order valence-electron chi connectivity index (χ3n) is 2.44. The van der Waals surface area contributed by atoms with Crippen molar-refractivity contribution in [2.45, 2.75) is 20.3 Å². The van der Waals surface area contributed by atoms with Crippen molar-refractivity contribution >= 4 is 27.6 Å². The van der Waals surface area contributed by atoms with Gasteiger partial charge in [-0.2, -0.15) is 0 Å². The molecule has 0 spiro atoms. The Kier molecular flexibility index (Phi) is 6.87. The van der Waals surface area contributed by atoms with Crippen molar-refractivity contribution in [3.63, 3.8) is 0 Å². The SMILES string of the molecule is CC(C)COCCCNc1cc(Br)ccc1C(=O)O. The molecule has 0 bridgehead atoms. The monoisotopic (exact) mass is 329 g/mol. The zero-order valence-corrected chi connectivity index (χ0v) is 12.9. The molecule has 0 amide bonds. The van der Waals surface area contributed by atoms with E-state index in [1.807, 2.05) is 0 Å². The van der Waals surface area contributed by atoms with E-state index in [0.29, 0.717) is 24.8 Å². The zero-order chi connectivity index (χ0) is 14.3. The first-order valence-corrected chi connectivity index (χ1v) is 7.14. The molecule has 0 aromatic heterocycles. The Labute approximate surface area is 122 Å². The summed E-state index contributed by atoms with van der Waals surface area (Å²) < 4.78 is 6.33. The number of hydrogen-bond donors (Lipinski definition) is 2. The number of benzene rings is 1. The summed E-state index contributed by atoms with van der Waals surface area (Å²) in [4.78, 5) is 11.1. The summed E-state index contributed by atoms with van der Waals surface area (Å²) in [6.07, 6.45) is 0.846. The molecule has 2 N–H and O–H groups in total. The van der Waals surface area contributed by atoms with Gasteiger partial charge in [-0.15, -0.1) is 0 Å². The zero-order valence-electron chi connectivity index (χ0n) is 11.3. The molecule has 0 heterocycles. The topological polar surface area (TPSA) is 58.6 Å². The summed E-state index contributed by atoms with van der Waals surface area (Å²) in [5.41, 5.74) is 0.914. The van der Waals surface area contributed by atoms with Gasteiger partial charge < -0.3 is 15.2 Å². The maximum atomic E-state index is 11.1. The number of aromatic carboxylic acids is 1. The first-order valence-electron chi connectivity index (χ1n) is 6.35. The number of rotatable bonds is 8. The van der Waals surface area contributed by atoms with Gasteiger partial charge in [0.25, 0.3) is 0 Å². The number of ether oxygens (including phenoxy) is 1. The van der Waals surface area contributed by atoms with Crippen molar-refractivity contribution in [3.05, 3.63) is 28.2 Å². The third-order valence-corrected chi connectivity index (χ3v) is 2.94. The Morgan fingerprint density at radius 2 is 2.21 bits per heavy atom. The van der Waals surface area contributed by atoms with E-state index in [9.17, 15) is 4.79 Å². The van der Waals surface area contributed by atoms with Crippen LogP contribution in [-0.2, 0) is 4.74 Å². The first kappa shape index (κ1) is 16.0. The molecule has 1 aromatic carbocycles. The average Bonchev–Trinajstić information content (AvgIpc) is 2.33. The van der Waals surface area contributed by atoms with Crippen LogP contribution in [0.25, 0.3) is 0 Å². The van der Waals surface area contributed by atoms with Gasteiger partial charge in [-0.3, -0.25) is 0 Å². The number of carboxylic acids is 1. The van der Waals surface area contributed by atoms with Crippen molar-refractivity contribution in [1.29, 1.82) is 0 Å². The van der Waals surface area contributed by atoms with E-state index in [4.69, 9.17) is 9.84 Å². The molecule has 0 aliphatic heterocycles. The van der Waals surface area contributed by atoms with Gasteiger partial charge in [-0.1, -0.05) is 29.8 Å². The fraction of sp³-hybridized carbons (Fsp3) is 0.500. The highest BCUT2D eigenvalue weighted by molar-refractivity contribution is 9.10. The second-order valence-corrected chi connectivity index (χ2v) is 5.66. The van der Waals surface area contributed by atoms with Crippen LogP contribution in [0.1, 0.15) is 30.6 Å². The normalized spacial score (nSPS) is 10.7. The van der Waals surface area contributed by atoms with Gasteiger partial charge in [0.2, 0.25) is 0 Å². The van der Waals surface area contributed by atoms with Gasteiger partial charge in [0.05, 0.1) is 5.56 Å². The number of carbonyl (C=O) groups is 1. The molecule has 4 nitrogen and oxygen atoms in total. The molecule has 0 saturated carbocycles. The highest BCUT2D eigenvalue weighted by atomic mass is 79.9. The van der Waals surface area contributed by atoms with Crippen LogP contribution in [0.15, 0.2) is 22.7 Å². The summed E-state index contributed by atoms with van der Waals surface area (Å²) in [6.45, 7) is 6.35. The number of carboxylic acid groups (broad SMARTS) is 1. The fourth-order valence-corrected chi connectivity index (χ4v) is 1.93. The van der Waals surface area contributed by atoms with Gasteiger partial charge in [0.1, 0.15) is 0 Å². The smallest absolute Gasteiger partial charge is 0.337 e. The Hall–Kier alpha value is -1.07. The molecule has 0 saturated heterocycles. The van der Waals surface area contributed by atoms with Crippen LogP contribution in [0.3, 0.4) is 0 Å². The highest BCUT2D eigenvalue weighted by Gasteiger charge is 2.09. The van der Waals surface area contributed by atoms with E-state index >= 15 is 0 Å². The molecular weight excluding hydrogens is 310 g/mol. The van der Waals surface area contributed by atoms with Crippen LogP contribution in [0.2, 0.25) is 0 Å². The molecule has 0 atom stereocenters. The molecular formula is C14H20BrNO3. The molecule has 1 aromatic rings. The summed E-state index contributed by atoms with van der Waals surface area (Å²) in [6, 6.07) is 5.09. The minimum absolute atomic E-state index is 0.284. The van der Waals surface area contributed by atoms with Gasteiger partial charge in [0.15, 0.2) is 0 Å². The number of nitrogens with one attached hydrogen (secondary N) is 1. The lowest BCUT2D eigenvalue weighted by molar-refractivity contribution is 0.0698. The van der Waals surface area contributed by atoms with E-state index in [-0.39, 0.29) is 5.56 Å². The van der Waals surface area contributed by atoms with Crippen molar-refractivity contribution < 1.29 is 14.6 Å². The lowest BCUT2D eigenvalue weighted by Gasteiger charge is -2.11. The summed E-state index contributed by atoms with van der Waals surface area (Å²) in [7, 11) is 0. The first-order chi connectivity index (χ1) is 9.00. The standard InChI is InChI=1S/C14H20BrNO3/c1-10(2)9-19-7-3-6-16-13-8-11(15)4-5-12(13)14(17)18/h4-5,8,10,16H,3,6-7,9H2,1-2H3,(H,17,18). The van der Waals surface area contributed by atoms with Crippen molar-refractivity contribution in [2.75, 3.05) is 25.1 Å². The molecule has 19 heavy (non-hydrogen) atoms. The van der Waals surface area contributed by atoms with Crippen molar-refractivity contribution in [1.82, 2.24) is 0 Å². The number of halogens is 1. The molecule has 0 fully saturated rings. The van der Waals surface area contributed by atoms with E-state index in [1.165, 1.54) is 0 Å². The lowest BCUT2D eigenvalue weighted by atomic mass is 10.2. The largest absolute Gasteiger partial charge is 0.478 e. The van der Waals surface area contributed by atoms with E-state index in [0.717, 1.165) is 17.5 Å². The molecule has 0 aliphatic rings. The molecule has 0 unspecified atom stereocenters. The quantitative estimate of drug-likeness (QED) is 0.715. The van der Waals surface area contributed by atoms with Gasteiger partial charge in [0, 0.05) is 29.9 Å². The van der Waals surface area contributed by atoms with Crippen LogP contribution in [-0.4, -0.2) is 30.8 Å². The second kappa shape index (κ2) is 8.17. The van der Waals surface area contributed by atoms with E-state index in [2.05, 4.69) is 35.1 Å². The molecule has 0 radical (unpaired) electrons. The molecule has 106 valence electrons. The fourth-order valence-electron chi connectivity index (χ4n) is 1.57. The minimum Gasteiger partial charge on any atom is -0.478 e. The second-order valence-electron chi connectivity index (χ2n) is 4.74. The maximum Gasteiger partial charge on any atom is 0.337 e. The van der Waals surface area contributed by atoms with Crippen LogP contribution < -0.4 is 5.32 Å². The van der Waals surface area contributed by atoms with Crippen LogP contribution in [0, 0.1) is 5.92 Å². The lowest BCUT2D eigenvalue weighted by Crippen LogP contribution is -2.11. The molecule has 1 rings (SSSR count). The third kappa shape index (κ3) is 6.07. The highest BCUT2D eigenvalue weighted by Crippen LogP contribution is 2.21. The van der Waals surface area contributed by atoms with E-state index in [1.54, 1.807) is 18.2 Å². The van der Waals surface area contributed by atoms with Gasteiger partial charge in [-0.05, 0) is 30.5 Å². The predicted molar refractivity (Wildman–Crippen MR) is 79.9 cm³/mol. The molecule has 0 aliphatic carbocycles. The summed E-state index contributed by atoms with van der Waals surface area (Å²) in [5.74, 6) is -0.386. The Bertz CT molecular complexity index is 421. The number of anilines is 1. The Morgan fingerprint density at radius 1 is 1.47 bits per heavy atom. The van der Waals surface area contributed by atoms with Crippen LogP contribution in [0.4, 0.5) is 5.69 Å². The van der Waals surface area contributed by atoms with Crippen molar-refractivity contribution in [2.24, 2.45) is 5.92 Å². The predicted octanol–water partition coefficient (Wildman–Crippen LogP) is 3.62. The van der Waals surface area contributed by atoms with Crippen LogP contribution in [0.5, 0.6) is 0 Å². The Balaban J connectivity index is 2.40. The number of hydrogen-bond acceptors (Lipinski definition) is 3. The summed E-state index contributed by atoms with van der Waals surface area (Å²) >= 11 is 3.34. The van der Waals surface area contributed by atoms with E-state index < -0.39 is 5.97 Å². The minimum atomic E-state index is -0.925. The maximum absolute atomic E-state index is 11.1. The molecule has 5 heteroatoms. The van der Waals surface area contributed by atoms with Gasteiger partial charge in [-0.25, -0.2) is 4.79 Å². The average molecular weight is 330 g/mol. The Morgan fingerprint density at radius 3 is 2.84 bits per heavy atom. The van der Waals surface area contributed by atoms with Crippen LogP contribution >= 0.6 is 15.9 Å². The van der Waals surface area contributed by atoms with Gasteiger partial charge >= 0.3 is 5.97 Å². The van der Waals surface area contributed by atoms with Crippen molar-refractivity contribution in [3.8, 4) is 0 Å². The summed E-state index contributed by atoms with van der Waals surface area (Å²) in [5, 5.41) is 12.2.